The Balaban J connectivity index is 1.42. The maximum absolute atomic E-state index is 13.3. The number of rotatable bonds is 3. The van der Waals surface area contributed by atoms with E-state index in [9.17, 15) is 4.79 Å². The zero-order chi connectivity index (χ0) is 18.9. The molecule has 1 atom stereocenters. The van der Waals surface area contributed by atoms with Crippen molar-refractivity contribution in [3.05, 3.63) is 78.8 Å². The summed E-state index contributed by atoms with van der Waals surface area (Å²) in [6.45, 7) is 1.38. The van der Waals surface area contributed by atoms with Gasteiger partial charge in [-0.3, -0.25) is 13.8 Å². The molecule has 1 aliphatic heterocycles. The molecule has 0 bridgehead atoms. The largest absolute Gasteiger partial charge is 0.337 e. The molecule has 4 aromatic rings. The van der Waals surface area contributed by atoms with Crippen molar-refractivity contribution in [3.63, 3.8) is 0 Å². The van der Waals surface area contributed by atoms with E-state index in [0.29, 0.717) is 12.2 Å². The van der Waals surface area contributed by atoms with Crippen molar-refractivity contribution in [3.8, 4) is 5.69 Å². The van der Waals surface area contributed by atoms with Crippen molar-refractivity contribution >= 4 is 11.6 Å². The Bertz CT molecular complexity index is 1120. The minimum Gasteiger partial charge on any atom is -0.337 e. The second-order valence-electron chi connectivity index (χ2n) is 7.06. The molecule has 4 heterocycles. The molecular weight excluding hydrogens is 352 g/mol. The van der Waals surface area contributed by atoms with Crippen LogP contribution in [0.25, 0.3) is 11.3 Å². The average Bonchev–Trinajstić information content (AvgIpc) is 3.41. The van der Waals surface area contributed by atoms with E-state index in [0.717, 1.165) is 36.5 Å². The Morgan fingerprint density at radius 2 is 1.89 bits per heavy atom. The van der Waals surface area contributed by atoms with E-state index in [-0.39, 0.29) is 11.8 Å². The van der Waals surface area contributed by atoms with E-state index in [1.807, 2.05) is 68.6 Å². The number of hydrogen-bond donors (Lipinski definition) is 0. The standard InChI is InChI=1S/C21H20N6O/c28-21(18-13-22-15-27(18)17-8-2-1-3-9-17)25-11-6-7-16(14-25)20-24-23-19-10-4-5-12-26(19)20/h1-5,8-10,12-13,15-16H,6-7,11,14H2/t16-/m1/s1. The minimum atomic E-state index is -0.000117. The van der Waals surface area contributed by atoms with Gasteiger partial charge in [0.1, 0.15) is 11.5 Å². The third-order valence-corrected chi connectivity index (χ3v) is 5.31. The fraction of sp³-hybridized carbons (Fsp3) is 0.238. The van der Waals surface area contributed by atoms with Crippen LogP contribution in [0.2, 0.25) is 0 Å². The van der Waals surface area contributed by atoms with Gasteiger partial charge in [-0.1, -0.05) is 24.3 Å². The van der Waals surface area contributed by atoms with E-state index in [1.54, 1.807) is 12.5 Å². The highest BCUT2D eigenvalue weighted by Crippen LogP contribution is 2.27. The number of amides is 1. The lowest BCUT2D eigenvalue weighted by molar-refractivity contribution is 0.0696. The minimum absolute atomic E-state index is 0.000117. The highest BCUT2D eigenvalue weighted by atomic mass is 16.2. The maximum Gasteiger partial charge on any atom is 0.272 e. The molecule has 1 saturated heterocycles. The average molecular weight is 372 g/mol. The highest BCUT2D eigenvalue weighted by molar-refractivity contribution is 5.93. The monoisotopic (exact) mass is 372 g/mol. The number of pyridine rings is 1. The number of likely N-dealkylation sites (tertiary alicyclic amines) is 1. The van der Waals surface area contributed by atoms with Gasteiger partial charge in [0.15, 0.2) is 5.65 Å². The van der Waals surface area contributed by atoms with Crippen molar-refractivity contribution in [1.82, 2.24) is 29.0 Å². The predicted molar refractivity (Wildman–Crippen MR) is 104 cm³/mol. The SMILES string of the molecule is O=C(c1cncn1-c1ccccc1)N1CCC[C@@H](c2nnc3ccccn23)C1. The molecule has 0 unspecified atom stereocenters. The molecule has 0 N–H and O–H groups in total. The van der Waals surface area contributed by atoms with Crippen molar-refractivity contribution < 1.29 is 4.79 Å². The number of imidazole rings is 1. The lowest BCUT2D eigenvalue weighted by atomic mass is 9.97. The summed E-state index contributed by atoms with van der Waals surface area (Å²) >= 11 is 0. The van der Waals surface area contributed by atoms with Crippen LogP contribution in [0.1, 0.15) is 35.1 Å². The van der Waals surface area contributed by atoms with E-state index in [4.69, 9.17) is 0 Å². The van der Waals surface area contributed by atoms with Gasteiger partial charge in [-0.05, 0) is 37.1 Å². The summed E-state index contributed by atoms with van der Waals surface area (Å²) in [5.41, 5.74) is 2.35. The summed E-state index contributed by atoms with van der Waals surface area (Å²) in [5, 5.41) is 8.66. The van der Waals surface area contributed by atoms with Gasteiger partial charge in [-0.2, -0.15) is 0 Å². The molecule has 0 aliphatic carbocycles. The third-order valence-electron chi connectivity index (χ3n) is 5.31. The zero-order valence-electron chi connectivity index (χ0n) is 15.3. The van der Waals surface area contributed by atoms with Gasteiger partial charge in [-0.25, -0.2) is 4.98 Å². The summed E-state index contributed by atoms with van der Waals surface area (Å²) < 4.78 is 3.87. The summed E-state index contributed by atoms with van der Waals surface area (Å²) in [5.74, 6) is 1.09. The summed E-state index contributed by atoms with van der Waals surface area (Å²) in [6.07, 6.45) is 7.26. The first-order valence-electron chi connectivity index (χ1n) is 9.48. The van der Waals surface area contributed by atoms with Crippen LogP contribution in [0.4, 0.5) is 0 Å². The Morgan fingerprint density at radius 3 is 2.79 bits per heavy atom. The number of fused-ring (bicyclic) bond motifs is 1. The number of carbonyl (C=O) groups is 1. The molecule has 0 radical (unpaired) electrons. The molecule has 7 nitrogen and oxygen atoms in total. The zero-order valence-corrected chi connectivity index (χ0v) is 15.3. The van der Waals surface area contributed by atoms with E-state index >= 15 is 0 Å². The molecule has 140 valence electrons. The van der Waals surface area contributed by atoms with Crippen LogP contribution in [0.15, 0.2) is 67.3 Å². The van der Waals surface area contributed by atoms with Crippen molar-refractivity contribution in [1.29, 1.82) is 0 Å². The first-order chi connectivity index (χ1) is 13.8. The smallest absolute Gasteiger partial charge is 0.272 e. The first-order valence-corrected chi connectivity index (χ1v) is 9.48. The van der Waals surface area contributed by atoms with Gasteiger partial charge in [-0.15, -0.1) is 10.2 Å². The van der Waals surface area contributed by atoms with E-state index in [2.05, 4.69) is 15.2 Å². The van der Waals surface area contributed by atoms with Gasteiger partial charge in [0, 0.05) is 30.9 Å². The fourth-order valence-corrected chi connectivity index (χ4v) is 3.92. The predicted octanol–water partition coefficient (Wildman–Crippen LogP) is 2.93. The van der Waals surface area contributed by atoms with Gasteiger partial charge >= 0.3 is 0 Å². The number of nitrogens with zero attached hydrogens (tertiary/aromatic N) is 6. The quantitative estimate of drug-likeness (QED) is 0.554. The summed E-state index contributed by atoms with van der Waals surface area (Å²) in [6, 6.07) is 15.7. The van der Waals surface area contributed by atoms with Crippen molar-refractivity contribution in [2.24, 2.45) is 0 Å². The van der Waals surface area contributed by atoms with E-state index < -0.39 is 0 Å². The first kappa shape index (κ1) is 16.7. The Labute approximate surface area is 162 Å². The number of benzene rings is 1. The fourth-order valence-electron chi connectivity index (χ4n) is 3.92. The summed E-state index contributed by atoms with van der Waals surface area (Å²) in [4.78, 5) is 19.4. The number of piperidine rings is 1. The molecule has 0 saturated carbocycles. The van der Waals surface area contributed by atoms with Crippen LogP contribution in [0.3, 0.4) is 0 Å². The number of carbonyl (C=O) groups excluding carboxylic acids is 1. The number of aromatic nitrogens is 5. The summed E-state index contributed by atoms with van der Waals surface area (Å²) in [7, 11) is 0. The van der Waals surface area contributed by atoms with Crippen LogP contribution < -0.4 is 0 Å². The van der Waals surface area contributed by atoms with Crippen LogP contribution in [-0.4, -0.2) is 48.0 Å². The van der Waals surface area contributed by atoms with Crippen LogP contribution in [0.5, 0.6) is 0 Å². The lowest BCUT2D eigenvalue weighted by Crippen LogP contribution is -2.40. The van der Waals surface area contributed by atoms with Crippen molar-refractivity contribution in [2.75, 3.05) is 13.1 Å². The molecule has 1 aromatic carbocycles. The van der Waals surface area contributed by atoms with Crippen LogP contribution in [-0.2, 0) is 0 Å². The molecule has 1 amide bonds. The normalized spacial score (nSPS) is 17.1. The van der Waals surface area contributed by atoms with Crippen molar-refractivity contribution in [2.45, 2.75) is 18.8 Å². The lowest BCUT2D eigenvalue weighted by Gasteiger charge is -2.32. The topological polar surface area (TPSA) is 68.3 Å². The van der Waals surface area contributed by atoms with E-state index in [1.165, 1.54) is 0 Å². The second-order valence-corrected chi connectivity index (χ2v) is 7.06. The molecule has 0 spiro atoms. The molecule has 3 aromatic heterocycles. The molecule has 1 aliphatic rings. The molecule has 28 heavy (non-hydrogen) atoms. The Morgan fingerprint density at radius 1 is 1.04 bits per heavy atom. The van der Waals surface area contributed by atoms with Gasteiger partial charge in [0.25, 0.3) is 5.91 Å². The van der Waals surface area contributed by atoms with Gasteiger partial charge in [0.2, 0.25) is 0 Å². The maximum atomic E-state index is 13.3. The molecule has 7 heteroatoms. The molecular formula is C21H20N6O. The second kappa shape index (κ2) is 6.92. The van der Waals surface area contributed by atoms with Crippen LogP contribution in [0, 0.1) is 0 Å². The third kappa shape index (κ3) is 2.85. The Hall–Kier alpha value is -3.48. The number of para-hydroxylation sites is 1. The molecule has 5 rings (SSSR count). The van der Waals surface area contributed by atoms with Crippen LogP contribution >= 0.6 is 0 Å². The highest BCUT2D eigenvalue weighted by Gasteiger charge is 2.29. The number of hydrogen-bond acceptors (Lipinski definition) is 4. The Kier molecular flexibility index (Phi) is 4.12. The molecule has 1 fully saturated rings. The van der Waals surface area contributed by atoms with Gasteiger partial charge in [0.05, 0.1) is 12.5 Å². The van der Waals surface area contributed by atoms with Gasteiger partial charge < -0.3 is 4.90 Å².